The Kier molecular flexibility index (Phi) is 4.38. The molecular weight excluding hydrogens is 257 g/mol. The van der Waals surface area contributed by atoms with Crippen molar-refractivity contribution in [2.24, 2.45) is 0 Å². The Hall–Kier alpha value is -1.19. The number of benzene rings is 1. The summed E-state index contributed by atoms with van der Waals surface area (Å²) in [6.07, 6.45) is 0. The Morgan fingerprint density at radius 3 is 2.68 bits per heavy atom. The van der Waals surface area contributed by atoms with Gasteiger partial charge in [0.15, 0.2) is 0 Å². The van der Waals surface area contributed by atoms with Crippen molar-refractivity contribution >= 4 is 11.3 Å². The third-order valence-corrected chi connectivity index (χ3v) is 4.62. The molecule has 3 heteroatoms. The molecule has 1 atom stereocenters. The van der Waals surface area contributed by atoms with E-state index in [1.807, 2.05) is 6.07 Å². The predicted octanol–water partition coefficient (Wildman–Crippen LogP) is 4.52. The lowest BCUT2D eigenvalue weighted by atomic mass is 9.91. The van der Waals surface area contributed by atoms with E-state index in [-0.39, 0.29) is 17.3 Å². The Labute approximate surface area is 118 Å². The maximum Gasteiger partial charge on any atom is 0.123 e. The molecule has 0 aliphatic heterocycles. The van der Waals surface area contributed by atoms with E-state index in [4.69, 9.17) is 0 Å². The highest BCUT2D eigenvalue weighted by molar-refractivity contribution is 7.10. The van der Waals surface area contributed by atoms with Crippen LogP contribution in [0.2, 0.25) is 0 Å². The summed E-state index contributed by atoms with van der Waals surface area (Å²) in [5.41, 5.74) is 1.08. The van der Waals surface area contributed by atoms with Gasteiger partial charge in [0, 0.05) is 22.9 Å². The summed E-state index contributed by atoms with van der Waals surface area (Å²) in [5.74, 6) is -0.177. The van der Waals surface area contributed by atoms with Crippen molar-refractivity contribution < 1.29 is 4.39 Å². The van der Waals surface area contributed by atoms with Gasteiger partial charge in [-0.25, -0.2) is 4.39 Å². The lowest BCUT2D eigenvalue weighted by Crippen LogP contribution is -2.33. The number of rotatable bonds is 5. The molecule has 0 fully saturated rings. The van der Waals surface area contributed by atoms with Gasteiger partial charge in [0.2, 0.25) is 0 Å². The highest BCUT2D eigenvalue weighted by Gasteiger charge is 2.22. The Balaban J connectivity index is 1.99. The monoisotopic (exact) mass is 277 g/mol. The van der Waals surface area contributed by atoms with E-state index >= 15 is 0 Å². The van der Waals surface area contributed by atoms with Gasteiger partial charge >= 0.3 is 0 Å². The van der Waals surface area contributed by atoms with Crippen LogP contribution in [0.4, 0.5) is 4.39 Å². The van der Waals surface area contributed by atoms with Crippen LogP contribution in [0.1, 0.15) is 37.3 Å². The van der Waals surface area contributed by atoms with Gasteiger partial charge < -0.3 is 5.32 Å². The topological polar surface area (TPSA) is 12.0 Å². The average Bonchev–Trinajstić information content (AvgIpc) is 2.90. The van der Waals surface area contributed by atoms with Gasteiger partial charge in [-0.1, -0.05) is 32.0 Å². The largest absolute Gasteiger partial charge is 0.309 e. The number of halogens is 1. The molecule has 102 valence electrons. The van der Waals surface area contributed by atoms with E-state index in [1.54, 1.807) is 23.5 Å². The zero-order valence-corrected chi connectivity index (χ0v) is 12.4. The van der Waals surface area contributed by atoms with Crippen molar-refractivity contribution in [1.82, 2.24) is 5.32 Å². The Bertz CT molecular complexity index is 519. The second kappa shape index (κ2) is 5.85. The van der Waals surface area contributed by atoms with E-state index in [9.17, 15) is 4.39 Å². The van der Waals surface area contributed by atoms with E-state index in [2.05, 4.69) is 43.6 Å². The molecule has 0 radical (unpaired) electrons. The van der Waals surface area contributed by atoms with E-state index < -0.39 is 0 Å². The van der Waals surface area contributed by atoms with Gasteiger partial charge in [0.05, 0.1) is 0 Å². The van der Waals surface area contributed by atoms with E-state index in [0.29, 0.717) is 0 Å². The molecule has 19 heavy (non-hydrogen) atoms. The van der Waals surface area contributed by atoms with Crippen LogP contribution in [0.3, 0.4) is 0 Å². The normalized spacial score (nSPS) is 13.5. The van der Waals surface area contributed by atoms with Crippen LogP contribution in [-0.2, 0) is 5.41 Å². The number of nitrogens with one attached hydrogen (secondary N) is 1. The fourth-order valence-corrected chi connectivity index (χ4v) is 2.90. The summed E-state index contributed by atoms with van der Waals surface area (Å²) < 4.78 is 13.2. The molecule has 0 spiro atoms. The van der Waals surface area contributed by atoms with Crippen molar-refractivity contribution in [3.8, 4) is 0 Å². The van der Waals surface area contributed by atoms with Crippen LogP contribution in [-0.4, -0.2) is 6.54 Å². The van der Waals surface area contributed by atoms with Gasteiger partial charge in [-0.05, 0) is 36.1 Å². The first-order chi connectivity index (χ1) is 8.99. The van der Waals surface area contributed by atoms with Gasteiger partial charge in [0.25, 0.3) is 0 Å². The van der Waals surface area contributed by atoms with Crippen molar-refractivity contribution in [3.05, 3.63) is 58.0 Å². The fraction of sp³-hybridized carbons (Fsp3) is 0.375. The minimum atomic E-state index is -0.177. The van der Waals surface area contributed by atoms with Crippen molar-refractivity contribution in [2.45, 2.75) is 32.2 Å². The summed E-state index contributed by atoms with van der Waals surface area (Å²) in [6, 6.07) is 11.2. The summed E-state index contributed by atoms with van der Waals surface area (Å²) in [7, 11) is 0. The van der Waals surface area contributed by atoms with Gasteiger partial charge in [-0.3, -0.25) is 0 Å². The zero-order chi connectivity index (χ0) is 13.9. The third kappa shape index (κ3) is 3.64. The number of hydrogen-bond acceptors (Lipinski definition) is 2. The Morgan fingerprint density at radius 2 is 2.05 bits per heavy atom. The van der Waals surface area contributed by atoms with Crippen LogP contribution < -0.4 is 5.32 Å². The molecule has 2 aromatic rings. The minimum Gasteiger partial charge on any atom is -0.309 e. The Morgan fingerprint density at radius 1 is 1.26 bits per heavy atom. The van der Waals surface area contributed by atoms with Crippen LogP contribution >= 0.6 is 11.3 Å². The average molecular weight is 277 g/mol. The fourth-order valence-electron chi connectivity index (χ4n) is 2.05. The smallest absolute Gasteiger partial charge is 0.123 e. The quantitative estimate of drug-likeness (QED) is 0.847. The lowest BCUT2D eigenvalue weighted by molar-refractivity contribution is 0.440. The first-order valence-electron chi connectivity index (χ1n) is 6.52. The highest BCUT2D eigenvalue weighted by Crippen LogP contribution is 2.27. The first kappa shape index (κ1) is 14.2. The molecule has 0 aliphatic rings. The van der Waals surface area contributed by atoms with E-state index in [0.717, 1.165) is 12.1 Å². The van der Waals surface area contributed by atoms with Gasteiger partial charge in [0.1, 0.15) is 5.82 Å². The van der Waals surface area contributed by atoms with Crippen LogP contribution in [0.25, 0.3) is 0 Å². The highest BCUT2D eigenvalue weighted by atomic mass is 32.1. The maximum absolute atomic E-state index is 13.2. The summed E-state index contributed by atoms with van der Waals surface area (Å²) >= 11 is 1.78. The van der Waals surface area contributed by atoms with E-state index in [1.165, 1.54) is 10.9 Å². The summed E-state index contributed by atoms with van der Waals surface area (Å²) in [6.45, 7) is 7.39. The predicted molar refractivity (Wildman–Crippen MR) is 80.2 cm³/mol. The SMILES string of the molecule is CC(NCC(C)(C)c1cccs1)c1cccc(F)c1. The summed E-state index contributed by atoms with van der Waals surface area (Å²) in [4.78, 5) is 1.37. The standard InChI is InChI=1S/C16H20FNS/c1-12(13-6-4-7-14(17)10-13)18-11-16(2,3)15-8-5-9-19-15/h4-10,12,18H,11H2,1-3H3. The molecule has 1 unspecified atom stereocenters. The van der Waals surface area contributed by atoms with Crippen molar-refractivity contribution in [1.29, 1.82) is 0 Å². The molecule has 0 amide bonds. The molecule has 1 heterocycles. The molecule has 1 aromatic heterocycles. The second-order valence-corrected chi connectivity index (χ2v) is 6.47. The maximum atomic E-state index is 13.2. The molecule has 0 saturated carbocycles. The first-order valence-corrected chi connectivity index (χ1v) is 7.40. The lowest BCUT2D eigenvalue weighted by Gasteiger charge is -2.26. The van der Waals surface area contributed by atoms with Gasteiger partial charge in [-0.2, -0.15) is 0 Å². The molecule has 1 nitrogen and oxygen atoms in total. The molecule has 1 aromatic carbocycles. The van der Waals surface area contributed by atoms with Gasteiger partial charge in [-0.15, -0.1) is 11.3 Å². The summed E-state index contributed by atoms with van der Waals surface area (Å²) in [5, 5.41) is 5.60. The molecule has 1 N–H and O–H groups in total. The molecule has 2 rings (SSSR count). The second-order valence-electron chi connectivity index (χ2n) is 5.52. The minimum absolute atomic E-state index is 0.0930. The van der Waals surface area contributed by atoms with Crippen molar-refractivity contribution in [2.75, 3.05) is 6.54 Å². The van der Waals surface area contributed by atoms with Crippen molar-refractivity contribution in [3.63, 3.8) is 0 Å². The van der Waals surface area contributed by atoms with Crippen LogP contribution in [0.5, 0.6) is 0 Å². The molecule has 0 saturated heterocycles. The van der Waals surface area contributed by atoms with Crippen LogP contribution in [0, 0.1) is 5.82 Å². The van der Waals surface area contributed by atoms with Crippen LogP contribution in [0.15, 0.2) is 41.8 Å². The number of thiophene rings is 1. The zero-order valence-electron chi connectivity index (χ0n) is 11.6. The molecule has 0 bridgehead atoms. The third-order valence-electron chi connectivity index (χ3n) is 3.39. The molecule has 0 aliphatic carbocycles. The number of hydrogen-bond donors (Lipinski definition) is 1. The molecular formula is C16H20FNS.